The molecule has 0 spiro atoms. The minimum atomic E-state index is -0.785. The van der Waals surface area contributed by atoms with Crippen molar-refractivity contribution >= 4 is 35.0 Å². The molecule has 2 aromatic heterocycles. The topological polar surface area (TPSA) is 154 Å². The van der Waals surface area contributed by atoms with E-state index < -0.39 is 29.5 Å². The summed E-state index contributed by atoms with van der Waals surface area (Å²) < 4.78 is 16.7. The quantitative estimate of drug-likeness (QED) is 0.578. The summed E-state index contributed by atoms with van der Waals surface area (Å²) in [5.74, 6) is -1.47. The number of fused-ring (bicyclic) bond motifs is 1. The van der Waals surface area contributed by atoms with Gasteiger partial charge in [-0.15, -0.1) is 0 Å². The molecule has 0 saturated heterocycles. The smallest absolute Gasteiger partial charge is 0.303 e. The van der Waals surface area contributed by atoms with Crippen LogP contribution in [0, 0.1) is 0 Å². The van der Waals surface area contributed by atoms with Crippen LogP contribution in [0.1, 0.15) is 20.8 Å². The van der Waals surface area contributed by atoms with Crippen LogP contribution in [0.4, 0.5) is 5.95 Å². The second kappa shape index (κ2) is 8.89. The molecule has 0 aliphatic heterocycles. The van der Waals surface area contributed by atoms with Crippen LogP contribution in [0.5, 0.6) is 0 Å². The summed E-state index contributed by atoms with van der Waals surface area (Å²) in [7, 11) is 0. The summed E-state index contributed by atoms with van der Waals surface area (Å²) in [5.41, 5.74) is -0.245. The molecule has 12 heteroatoms. The lowest BCUT2D eigenvalue weighted by Crippen LogP contribution is -2.29. The largest absolute Gasteiger partial charge is 0.462 e. The van der Waals surface area contributed by atoms with Crippen molar-refractivity contribution in [3.63, 3.8) is 0 Å². The van der Waals surface area contributed by atoms with E-state index >= 15 is 0 Å². The molecule has 0 radical (unpaired) electrons. The SMILES string of the molecule is CC(=O)Nc1nc2c(ncn2COCC(COC(C)=O)OC(C)=O)c(=O)[nH]1. The van der Waals surface area contributed by atoms with Crippen LogP contribution in [0.3, 0.4) is 0 Å². The molecule has 1 amide bonds. The number of esters is 2. The zero-order valence-corrected chi connectivity index (χ0v) is 15.0. The maximum atomic E-state index is 12.0. The number of ether oxygens (including phenoxy) is 3. The third-order valence-electron chi connectivity index (χ3n) is 3.11. The van der Waals surface area contributed by atoms with Crippen LogP contribution >= 0.6 is 0 Å². The van der Waals surface area contributed by atoms with E-state index in [4.69, 9.17) is 14.2 Å². The third kappa shape index (κ3) is 5.88. The van der Waals surface area contributed by atoms with E-state index in [1.165, 1.54) is 31.7 Å². The number of nitrogens with zero attached hydrogens (tertiary/aromatic N) is 3. The molecule has 0 saturated carbocycles. The number of hydrogen-bond donors (Lipinski definition) is 2. The molecule has 0 fully saturated rings. The highest BCUT2D eigenvalue weighted by molar-refractivity contribution is 5.87. The third-order valence-corrected chi connectivity index (χ3v) is 3.11. The lowest BCUT2D eigenvalue weighted by Gasteiger charge is -2.17. The molecule has 0 aliphatic rings. The zero-order chi connectivity index (χ0) is 20.0. The lowest BCUT2D eigenvalue weighted by atomic mass is 10.4. The fraction of sp³-hybridized carbons (Fsp3) is 0.467. The van der Waals surface area contributed by atoms with Gasteiger partial charge in [-0.25, -0.2) is 4.98 Å². The second-order valence-electron chi connectivity index (χ2n) is 5.52. The van der Waals surface area contributed by atoms with Crippen molar-refractivity contribution in [2.75, 3.05) is 18.5 Å². The van der Waals surface area contributed by atoms with Gasteiger partial charge in [0.2, 0.25) is 11.9 Å². The number of carbonyl (C=O) groups is 3. The fourth-order valence-corrected chi connectivity index (χ4v) is 2.12. The van der Waals surface area contributed by atoms with Gasteiger partial charge in [-0.2, -0.15) is 4.98 Å². The van der Waals surface area contributed by atoms with Crippen LogP contribution in [0.2, 0.25) is 0 Å². The number of imidazole rings is 1. The number of nitrogens with one attached hydrogen (secondary N) is 2. The Hall–Kier alpha value is -3.28. The summed E-state index contributed by atoms with van der Waals surface area (Å²) in [4.78, 5) is 55.6. The van der Waals surface area contributed by atoms with Crippen molar-refractivity contribution in [2.24, 2.45) is 0 Å². The predicted molar refractivity (Wildman–Crippen MR) is 90.6 cm³/mol. The highest BCUT2D eigenvalue weighted by Gasteiger charge is 2.16. The van der Waals surface area contributed by atoms with Crippen LogP contribution < -0.4 is 10.9 Å². The molecule has 27 heavy (non-hydrogen) atoms. The molecule has 2 aromatic rings. The van der Waals surface area contributed by atoms with E-state index in [1.807, 2.05) is 0 Å². The Balaban J connectivity index is 2.07. The first kappa shape index (κ1) is 20.0. The van der Waals surface area contributed by atoms with Gasteiger partial charge in [0.1, 0.15) is 13.3 Å². The molecule has 2 heterocycles. The number of hydrogen-bond acceptors (Lipinski definition) is 9. The Kier molecular flexibility index (Phi) is 6.60. The van der Waals surface area contributed by atoms with E-state index in [0.29, 0.717) is 0 Å². The fourth-order valence-electron chi connectivity index (χ4n) is 2.12. The van der Waals surface area contributed by atoms with Crippen molar-refractivity contribution < 1.29 is 28.6 Å². The average molecular weight is 381 g/mol. The van der Waals surface area contributed by atoms with Gasteiger partial charge in [0.05, 0.1) is 12.9 Å². The lowest BCUT2D eigenvalue weighted by molar-refractivity contribution is -0.160. The summed E-state index contributed by atoms with van der Waals surface area (Å²) in [6.07, 6.45) is 0.560. The van der Waals surface area contributed by atoms with Gasteiger partial charge >= 0.3 is 11.9 Å². The predicted octanol–water partition coefficient (Wildman–Crippen LogP) is -0.453. The minimum Gasteiger partial charge on any atom is -0.462 e. The Morgan fingerprint density at radius 1 is 1.22 bits per heavy atom. The van der Waals surface area contributed by atoms with E-state index in [0.717, 1.165) is 0 Å². The van der Waals surface area contributed by atoms with Crippen molar-refractivity contribution in [3.8, 4) is 0 Å². The van der Waals surface area contributed by atoms with Gasteiger partial charge in [0.15, 0.2) is 17.3 Å². The standard InChI is InChI=1S/C15H19N5O7/c1-8(21)17-15-18-13-12(14(24)19-15)16-6-20(13)7-25-4-11(27-10(3)23)5-26-9(2)22/h6,11H,4-5,7H2,1-3H3,(H2,17,18,19,21,24). The molecular weight excluding hydrogens is 362 g/mol. The number of amides is 1. The highest BCUT2D eigenvalue weighted by atomic mass is 16.6. The molecule has 0 aliphatic carbocycles. The Bertz CT molecular complexity index is 904. The number of aromatic nitrogens is 4. The summed E-state index contributed by atoms with van der Waals surface area (Å²) in [6, 6.07) is 0. The van der Waals surface area contributed by atoms with Gasteiger partial charge in [0, 0.05) is 20.8 Å². The van der Waals surface area contributed by atoms with Crippen molar-refractivity contribution in [1.82, 2.24) is 19.5 Å². The summed E-state index contributed by atoms with van der Waals surface area (Å²) in [6.45, 7) is 3.47. The zero-order valence-electron chi connectivity index (χ0n) is 15.0. The van der Waals surface area contributed by atoms with Crippen LogP contribution in [-0.2, 0) is 35.3 Å². The number of H-pyrrole nitrogens is 1. The number of anilines is 1. The monoisotopic (exact) mass is 381 g/mol. The Morgan fingerprint density at radius 3 is 2.59 bits per heavy atom. The molecule has 1 unspecified atom stereocenters. The second-order valence-corrected chi connectivity index (χ2v) is 5.52. The summed E-state index contributed by atoms with van der Waals surface area (Å²) in [5, 5.41) is 2.38. The van der Waals surface area contributed by atoms with Crippen molar-refractivity contribution in [1.29, 1.82) is 0 Å². The van der Waals surface area contributed by atoms with E-state index in [1.54, 1.807) is 0 Å². The van der Waals surface area contributed by atoms with E-state index in [-0.39, 0.29) is 37.1 Å². The summed E-state index contributed by atoms with van der Waals surface area (Å²) >= 11 is 0. The first-order valence-corrected chi connectivity index (χ1v) is 7.87. The van der Waals surface area contributed by atoms with E-state index in [2.05, 4.69) is 20.3 Å². The molecule has 0 bridgehead atoms. The van der Waals surface area contributed by atoms with Gasteiger partial charge in [-0.3, -0.25) is 34.0 Å². The maximum Gasteiger partial charge on any atom is 0.303 e. The van der Waals surface area contributed by atoms with Crippen LogP contribution in [-0.4, -0.2) is 56.7 Å². The molecule has 12 nitrogen and oxygen atoms in total. The van der Waals surface area contributed by atoms with Crippen molar-refractivity contribution in [3.05, 3.63) is 16.7 Å². The number of rotatable bonds is 8. The molecule has 0 aromatic carbocycles. The van der Waals surface area contributed by atoms with Crippen molar-refractivity contribution in [2.45, 2.75) is 33.6 Å². The van der Waals surface area contributed by atoms with Gasteiger partial charge in [0.25, 0.3) is 5.56 Å². The van der Waals surface area contributed by atoms with Crippen LogP contribution in [0.25, 0.3) is 11.2 Å². The average Bonchev–Trinajstić information content (AvgIpc) is 2.95. The molecule has 146 valence electrons. The number of aromatic amines is 1. The molecule has 1 atom stereocenters. The first-order valence-electron chi connectivity index (χ1n) is 7.87. The van der Waals surface area contributed by atoms with Gasteiger partial charge in [-0.1, -0.05) is 0 Å². The molecule has 2 N–H and O–H groups in total. The number of carbonyl (C=O) groups excluding carboxylic acids is 3. The van der Waals surface area contributed by atoms with E-state index in [9.17, 15) is 19.2 Å². The molecule has 2 rings (SSSR count). The first-order chi connectivity index (χ1) is 12.8. The highest BCUT2D eigenvalue weighted by Crippen LogP contribution is 2.08. The molecular formula is C15H19N5O7. The van der Waals surface area contributed by atoms with Gasteiger partial charge in [-0.05, 0) is 0 Å². The Morgan fingerprint density at radius 2 is 1.96 bits per heavy atom. The normalized spacial score (nSPS) is 11.8. The van der Waals surface area contributed by atoms with Gasteiger partial charge < -0.3 is 14.2 Å². The van der Waals surface area contributed by atoms with Crippen LogP contribution in [0.15, 0.2) is 11.1 Å². The minimum absolute atomic E-state index is 0.0191. The maximum absolute atomic E-state index is 12.0. The Labute approximate surface area is 152 Å².